The van der Waals surface area contributed by atoms with Crippen molar-refractivity contribution >= 4 is 17.3 Å². The molecule has 0 radical (unpaired) electrons. The Morgan fingerprint density at radius 2 is 1.92 bits per heavy atom. The molecular weight excluding hydrogens is 505 g/mol. The Kier molecular flexibility index (Phi) is 9.87. The van der Waals surface area contributed by atoms with Crippen molar-refractivity contribution in [2.45, 2.75) is 72.9 Å². The zero-order valence-electron chi connectivity index (χ0n) is 23.6. The van der Waals surface area contributed by atoms with E-state index in [9.17, 15) is 9.59 Å². The van der Waals surface area contributed by atoms with E-state index in [-0.39, 0.29) is 28.9 Å². The summed E-state index contributed by atoms with van der Waals surface area (Å²) in [4.78, 5) is 26.4. The molecule has 2 unspecified atom stereocenters. The van der Waals surface area contributed by atoms with Crippen LogP contribution >= 0.6 is 0 Å². The molecule has 0 aliphatic carbocycles. The second kappa shape index (κ2) is 12.9. The molecule has 3 N–H and O–H groups in total. The van der Waals surface area contributed by atoms with E-state index < -0.39 is 29.8 Å². The minimum atomic E-state index is -0.823. The lowest BCUT2D eigenvalue weighted by atomic mass is 10.1. The summed E-state index contributed by atoms with van der Waals surface area (Å²) >= 11 is 0. The molecule has 1 amide bonds. The van der Waals surface area contributed by atoms with Crippen LogP contribution in [0.3, 0.4) is 0 Å². The van der Waals surface area contributed by atoms with Gasteiger partial charge in [0.05, 0.1) is 23.0 Å². The monoisotopic (exact) mass is 543 g/mol. The molecule has 1 heterocycles. The molecule has 39 heavy (non-hydrogen) atoms. The summed E-state index contributed by atoms with van der Waals surface area (Å²) in [5.41, 5.74) is 6.85. The molecule has 0 spiro atoms. The zero-order valence-corrected chi connectivity index (χ0v) is 23.6. The molecule has 0 saturated carbocycles. The first kappa shape index (κ1) is 29.9. The number of carbonyl (C=O) groups excluding carboxylic acids is 1. The average molecular weight is 544 g/mol. The van der Waals surface area contributed by atoms with Crippen molar-refractivity contribution in [3.8, 4) is 11.4 Å². The number of ether oxygens (including phenoxy) is 3. The number of aromatic nitrogens is 3. The maximum atomic E-state index is 15.6. The van der Waals surface area contributed by atoms with Gasteiger partial charge in [0.25, 0.3) is 5.91 Å². The number of aryl methyl sites for hydroxylation is 1. The number of hydrogen-bond donors (Lipinski definition) is 2. The van der Waals surface area contributed by atoms with Crippen LogP contribution in [-0.4, -0.2) is 39.3 Å². The van der Waals surface area contributed by atoms with Crippen LogP contribution in [0.25, 0.3) is 5.69 Å². The van der Waals surface area contributed by atoms with Gasteiger partial charge in [0.2, 0.25) is 0 Å². The van der Waals surface area contributed by atoms with Crippen molar-refractivity contribution in [3.05, 3.63) is 63.6 Å². The first-order valence-electron chi connectivity index (χ1n) is 13.1. The summed E-state index contributed by atoms with van der Waals surface area (Å²) in [7, 11) is 1.53. The normalized spacial score (nSPS) is 13.6. The fourth-order valence-corrected chi connectivity index (χ4v) is 4.29. The van der Waals surface area contributed by atoms with Crippen molar-refractivity contribution in [1.82, 2.24) is 14.3 Å². The first-order valence-corrected chi connectivity index (χ1v) is 13.1. The molecule has 0 aliphatic heterocycles. The fraction of sp³-hybridized carbons (Fsp3) is 0.464. The maximum Gasteiger partial charge on any atom is 0.350 e. The van der Waals surface area contributed by atoms with Gasteiger partial charge in [-0.2, -0.15) is 4.68 Å². The van der Waals surface area contributed by atoms with Gasteiger partial charge in [0.15, 0.2) is 12.1 Å². The fourth-order valence-electron chi connectivity index (χ4n) is 4.29. The van der Waals surface area contributed by atoms with Gasteiger partial charge in [-0.3, -0.25) is 9.36 Å². The van der Waals surface area contributed by atoms with Gasteiger partial charge >= 0.3 is 5.69 Å². The first-order chi connectivity index (χ1) is 18.5. The highest BCUT2D eigenvalue weighted by Crippen LogP contribution is 2.30. The Labute approximate surface area is 227 Å². The summed E-state index contributed by atoms with van der Waals surface area (Å²) in [5.74, 6) is -1.02. The van der Waals surface area contributed by atoms with Crippen LogP contribution in [0.4, 0.5) is 15.8 Å². The standard InChI is InChI=1S/C28H38FN5O5/c1-8-11-17(4)38-24-15-23(34-28(36)33(7)26(32-34)18(5)39-19(6)37-9-2)21(29)14-20(24)27(35)31-25-16(3)12-10-13-22(25)30/h10,12-15,17-19H,8-9,11,30H2,1-7H3,(H,31,35)/t17-,18?,19?/m1/s1. The number of rotatable bonds is 12. The Morgan fingerprint density at radius 3 is 2.56 bits per heavy atom. The Balaban J connectivity index is 2.06. The van der Waals surface area contributed by atoms with Gasteiger partial charge in [0, 0.05) is 19.7 Å². The second-order valence-corrected chi connectivity index (χ2v) is 9.42. The van der Waals surface area contributed by atoms with E-state index in [1.165, 1.54) is 17.7 Å². The van der Waals surface area contributed by atoms with Crippen molar-refractivity contribution in [2.75, 3.05) is 17.7 Å². The van der Waals surface area contributed by atoms with Crippen LogP contribution in [-0.2, 0) is 16.5 Å². The lowest BCUT2D eigenvalue weighted by molar-refractivity contribution is -0.156. The third-order valence-electron chi connectivity index (χ3n) is 6.26. The molecule has 1 aromatic heterocycles. The Hall–Kier alpha value is -3.70. The van der Waals surface area contributed by atoms with Gasteiger partial charge in [-0.25, -0.2) is 9.18 Å². The quantitative estimate of drug-likeness (QED) is 0.247. The van der Waals surface area contributed by atoms with E-state index in [0.717, 1.165) is 22.7 Å². The molecule has 3 rings (SSSR count). The van der Waals surface area contributed by atoms with E-state index in [0.29, 0.717) is 24.4 Å². The minimum absolute atomic E-state index is 0.0340. The average Bonchev–Trinajstić information content (AvgIpc) is 3.16. The highest BCUT2D eigenvalue weighted by molar-refractivity contribution is 6.08. The number of nitrogens with one attached hydrogen (secondary N) is 1. The van der Waals surface area contributed by atoms with Gasteiger partial charge < -0.3 is 25.3 Å². The van der Waals surface area contributed by atoms with Crippen LogP contribution in [0.15, 0.2) is 35.1 Å². The number of nitrogens with two attached hydrogens (primary N) is 1. The van der Waals surface area contributed by atoms with Crippen molar-refractivity contribution in [2.24, 2.45) is 7.05 Å². The van der Waals surface area contributed by atoms with Crippen molar-refractivity contribution in [3.63, 3.8) is 0 Å². The van der Waals surface area contributed by atoms with Crippen LogP contribution in [0.5, 0.6) is 5.75 Å². The summed E-state index contributed by atoms with van der Waals surface area (Å²) in [5, 5.41) is 7.12. The van der Waals surface area contributed by atoms with E-state index in [1.54, 1.807) is 39.0 Å². The highest BCUT2D eigenvalue weighted by Gasteiger charge is 2.25. The molecule has 0 fully saturated rings. The third-order valence-corrected chi connectivity index (χ3v) is 6.26. The molecule has 3 atom stereocenters. The number of hydrogen-bond acceptors (Lipinski definition) is 7. The summed E-state index contributed by atoms with van der Waals surface area (Å²) in [6.45, 7) is 11.4. The SMILES string of the molecule is CCC[C@@H](C)Oc1cc(-n2nc(C(C)OC(C)OCC)n(C)c2=O)c(F)cc1C(=O)Nc1c(C)cccc1N. The molecule has 11 heteroatoms. The van der Waals surface area contributed by atoms with Crippen LogP contribution in [0, 0.1) is 12.7 Å². The predicted molar refractivity (Wildman–Crippen MR) is 148 cm³/mol. The van der Waals surface area contributed by atoms with Gasteiger partial charge in [-0.15, -0.1) is 5.10 Å². The topological polar surface area (TPSA) is 123 Å². The molecule has 0 bridgehead atoms. The smallest absolute Gasteiger partial charge is 0.350 e. The number of halogens is 1. The van der Waals surface area contributed by atoms with Crippen LogP contribution in [0.2, 0.25) is 0 Å². The van der Waals surface area contributed by atoms with Gasteiger partial charge in [-0.1, -0.05) is 25.5 Å². The largest absolute Gasteiger partial charge is 0.490 e. The molecule has 0 saturated heterocycles. The molecule has 0 aliphatic rings. The Bertz CT molecular complexity index is 1350. The highest BCUT2D eigenvalue weighted by atomic mass is 19.1. The number of anilines is 2. The lowest BCUT2D eigenvalue weighted by Crippen LogP contribution is -2.24. The number of benzene rings is 2. The number of para-hydroxylation sites is 1. The van der Waals surface area contributed by atoms with E-state index in [4.69, 9.17) is 19.9 Å². The summed E-state index contributed by atoms with van der Waals surface area (Å²) in [6.07, 6.45) is 0.143. The second-order valence-electron chi connectivity index (χ2n) is 9.42. The number of amides is 1. The van der Waals surface area contributed by atoms with E-state index in [1.807, 2.05) is 20.8 Å². The van der Waals surface area contributed by atoms with Crippen molar-refractivity contribution in [1.29, 1.82) is 0 Å². The number of carbonyl (C=O) groups is 1. The van der Waals surface area contributed by atoms with E-state index in [2.05, 4.69) is 10.4 Å². The number of nitrogen functional groups attached to an aromatic ring is 1. The summed E-state index contributed by atoms with van der Waals surface area (Å²) < 4.78 is 35.1. The van der Waals surface area contributed by atoms with E-state index >= 15 is 4.39 Å². The van der Waals surface area contributed by atoms with Gasteiger partial charge in [0.1, 0.15) is 23.4 Å². The zero-order chi connectivity index (χ0) is 28.9. The lowest BCUT2D eigenvalue weighted by Gasteiger charge is -2.19. The molecule has 3 aromatic rings. The third kappa shape index (κ3) is 6.85. The minimum Gasteiger partial charge on any atom is -0.490 e. The van der Waals surface area contributed by atoms with Gasteiger partial charge in [-0.05, 0) is 58.7 Å². The van der Waals surface area contributed by atoms with Crippen molar-refractivity contribution < 1.29 is 23.4 Å². The molecule has 212 valence electrons. The predicted octanol–water partition coefficient (Wildman–Crippen LogP) is 4.88. The molecule has 10 nitrogen and oxygen atoms in total. The molecular formula is C28H38FN5O5. The van der Waals surface area contributed by atoms with Crippen LogP contribution < -0.4 is 21.5 Å². The maximum absolute atomic E-state index is 15.6. The summed E-state index contributed by atoms with van der Waals surface area (Å²) in [6, 6.07) is 7.62. The van der Waals surface area contributed by atoms with Crippen LogP contribution in [0.1, 0.15) is 75.3 Å². The number of nitrogens with zero attached hydrogens (tertiary/aromatic N) is 3. The Morgan fingerprint density at radius 1 is 1.21 bits per heavy atom. The molecule has 2 aromatic carbocycles.